The van der Waals surface area contributed by atoms with Crippen LogP contribution >= 0.6 is 31.9 Å². The molecule has 0 amide bonds. The standard InChI is InChI=1S/C15H11Br2FO2/c16-8-1-4-14-11(5-8)13(19)7-15(20-14)10-3-2-9(18)6-12(10)17/h1-6,13,15,19H,7H2. The zero-order valence-electron chi connectivity index (χ0n) is 10.3. The maximum absolute atomic E-state index is 13.1. The smallest absolute Gasteiger partial charge is 0.128 e. The highest BCUT2D eigenvalue weighted by Gasteiger charge is 2.29. The van der Waals surface area contributed by atoms with Crippen LogP contribution in [0.5, 0.6) is 5.75 Å². The van der Waals surface area contributed by atoms with Crippen LogP contribution in [-0.2, 0) is 0 Å². The minimum Gasteiger partial charge on any atom is -0.485 e. The van der Waals surface area contributed by atoms with Crippen molar-refractivity contribution in [2.75, 3.05) is 0 Å². The van der Waals surface area contributed by atoms with Gasteiger partial charge in [-0.3, -0.25) is 0 Å². The number of hydrogen-bond donors (Lipinski definition) is 1. The normalized spacial score (nSPS) is 21.2. The molecule has 0 bridgehead atoms. The van der Waals surface area contributed by atoms with Crippen LogP contribution in [0.1, 0.15) is 29.8 Å². The van der Waals surface area contributed by atoms with Crippen molar-refractivity contribution < 1.29 is 14.2 Å². The molecule has 20 heavy (non-hydrogen) atoms. The molecule has 2 nitrogen and oxygen atoms in total. The third-order valence-electron chi connectivity index (χ3n) is 3.35. The first-order chi connectivity index (χ1) is 9.54. The number of halogens is 3. The molecule has 5 heteroatoms. The van der Waals surface area contributed by atoms with Gasteiger partial charge in [0.2, 0.25) is 0 Å². The van der Waals surface area contributed by atoms with E-state index in [1.54, 1.807) is 6.07 Å². The van der Waals surface area contributed by atoms with Gasteiger partial charge in [0.15, 0.2) is 0 Å². The maximum atomic E-state index is 13.1. The van der Waals surface area contributed by atoms with Crippen LogP contribution < -0.4 is 4.74 Å². The Morgan fingerprint density at radius 2 is 1.90 bits per heavy atom. The molecule has 2 unspecified atom stereocenters. The summed E-state index contributed by atoms with van der Waals surface area (Å²) in [6, 6.07) is 10.0. The molecule has 2 aromatic rings. The number of ether oxygens (including phenoxy) is 1. The average molecular weight is 402 g/mol. The van der Waals surface area contributed by atoms with Crippen molar-refractivity contribution in [3.63, 3.8) is 0 Å². The van der Waals surface area contributed by atoms with E-state index in [1.807, 2.05) is 18.2 Å². The molecule has 0 spiro atoms. The summed E-state index contributed by atoms with van der Waals surface area (Å²) in [5.74, 6) is 0.356. The second-order valence-corrected chi connectivity index (χ2v) is 6.48. The minimum atomic E-state index is -0.599. The summed E-state index contributed by atoms with van der Waals surface area (Å²) in [7, 11) is 0. The van der Waals surface area contributed by atoms with Gasteiger partial charge < -0.3 is 9.84 Å². The van der Waals surface area contributed by atoms with Gasteiger partial charge in [0.1, 0.15) is 17.7 Å². The predicted molar refractivity (Wildman–Crippen MR) is 81.2 cm³/mol. The Hall–Kier alpha value is -0.910. The van der Waals surface area contributed by atoms with Gasteiger partial charge in [-0.15, -0.1) is 0 Å². The molecule has 0 radical (unpaired) electrons. The summed E-state index contributed by atoms with van der Waals surface area (Å²) < 4.78 is 20.6. The second-order valence-electron chi connectivity index (χ2n) is 4.71. The third kappa shape index (κ3) is 2.62. The molecule has 0 fully saturated rings. The molecule has 3 rings (SSSR count). The van der Waals surface area contributed by atoms with Crippen molar-refractivity contribution in [2.24, 2.45) is 0 Å². The minimum absolute atomic E-state index is 0.298. The van der Waals surface area contributed by atoms with Crippen LogP contribution in [-0.4, -0.2) is 5.11 Å². The third-order valence-corrected chi connectivity index (χ3v) is 4.53. The molecule has 2 aromatic carbocycles. The van der Waals surface area contributed by atoms with Gasteiger partial charge >= 0.3 is 0 Å². The van der Waals surface area contributed by atoms with E-state index in [0.717, 1.165) is 15.6 Å². The molecule has 1 N–H and O–H groups in total. The molecule has 1 aliphatic heterocycles. The zero-order chi connectivity index (χ0) is 14.3. The Morgan fingerprint density at radius 3 is 2.65 bits per heavy atom. The Labute approximate surface area is 132 Å². The van der Waals surface area contributed by atoms with Crippen LogP contribution in [0.25, 0.3) is 0 Å². The van der Waals surface area contributed by atoms with Crippen LogP contribution in [0.2, 0.25) is 0 Å². The Bertz CT molecular complexity index is 660. The zero-order valence-corrected chi connectivity index (χ0v) is 13.5. The lowest BCUT2D eigenvalue weighted by atomic mass is 9.95. The van der Waals surface area contributed by atoms with E-state index >= 15 is 0 Å². The average Bonchev–Trinajstić information content (AvgIpc) is 2.39. The van der Waals surface area contributed by atoms with E-state index < -0.39 is 6.10 Å². The first-order valence-corrected chi connectivity index (χ1v) is 7.72. The van der Waals surface area contributed by atoms with E-state index in [0.29, 0.717) is 16.6 Å². The lowest BCUT2D eigenvalue weighted by Gasteiger charge is -2.30. The van der Waals surface area contributed by atoms with E-state index in [1.165, 1.54) is 12.1 Å². The van der Waals surface area contributed by atoms with Gasteiger partial charge in [0.05, 0.1) is 6.10 Å². The van der Waals surface area contributed by atoms with Crippen LogP contribution in [0.4, 0.5) is 4.39 Å². The number of hydrogen-bond acceptors (Lipinski definition) is 2. The number of aliphatic hydroxyl groups is 1. The summed E-state index contributed by atoms with van der Waals surface area (Å²) in [4.78, 5) is 0. The molecule has 1 aliphatic rings. The van der Waals surface area contributed by atoms with Crippen LogP contribution in [0.15, 0.2) is 45.3 Å². The number of rotatable bonds is 1. The quantitative estimate of drug-likeness (QED) is 0.735. The fourth-order valence-electron chi connectivity index (χ4n) is 2.37. The van der Waals surface area contributed by atoms with Crippen molar-refractivity contribution >= 4 is 31.9 Å². The van der Waals surface area contributed by atoms with Gasteiger partial charge in [-0.1, -0.05) is 37.9 Å². The highest BCUT2D eigenvalue weighted by Crippen LogP contribution is 2.43. The van der Waals surface area contributed by atoms with Gasteiger partial charge in [-0.2, -0.15) is 0 Å². The van der Waals surface area contributed by atoms with E-state index in [9.17, 15) is 9.50 Å². The van der Waals surface area contributed by atoms with Crippen molar-refractivity contribution in [3.05, 3.63) is 62.3 Å². The molecular weight excluding hydrogens is 391 g/mol. The molecule has 1 heterocycles. The van der Waals surface area contributed by atoms with E-state index in [4.69, 9.17) is 4.74 Å². The molecule has 0 saturated carbocycles. The van der Waals surface area contributed by atoms with Gasteiger partial charge in [-0.05, 0) is 30.3 Å². The number of benzene rings is 2. The Balaban J connectivity index is 1.97. The Morgan fingerprint density at radius 1 is 1.10 bits per heavy atom. The van der Waals surface area contributed by atoms with E-state index in [2.05, 4.69) is 31.9 Å². The van der Waals surface area contributed by atoms with Crippen molar-refractivity contribution in [2.45, 2.75) is 18.6 Å². The summed E-state index contributed by atoms with van der Waals surface area (Å²) >= 11 is 6.73. The van der Waals surface area contributed by atoms with Crippen LogP contribution in [0, 0.1) is 5.82 Å². The molecule has 104 valence electrons. The van der Waals surface area contributed by atoms with E-state index in [-0.39, 0.29) is 11.9 Å². The SMILES string of the molecule is OC1CC(c2ccc(F)cc2Br)Oc2ccc(Br)cc21. The van der Waals surface area contributed by atoms with Crippen molar-refractivity contribution in [3.8, 4) is 5.75 Å². The topological polar surface area (TPSA) is 29.5 Å². The first kappa shape index (κ1) is 14.0. The highest BCUT2D eigenvalue weighted by molar-refractivity contribution is 9.10. The fourth-order valence-corrected chi connectivity index (χ4v) is 3.36. The lowest BCUT2D eigenvalue weighted by Crippen LogP contribution is -2.19. The monoisotopic (exact) mass is 400 g/mol. The molecule has 2 atom stereocenters. The fraction of sp³-hybridized carbons (Fsp3) is 0.200. The van der Waals surface area contributed by atoms with Crippen molar-refractivity contribution in [1.82, 2.24) is 0 Å². The number of fused-ring (bicyclic) bond motifs is 1. The summed E-state index contributed by atoms with van der Waals surface area (Å²) in [6.07, 6.45) is -0.458. The van der Waals surface area contributed by atoms with Gasteiger partial charge in [0.25, 0.3) is 0 Å². The maximum Gasteiger partial charge on any atom is 0.128 e. The summed E-state index contributed by atoms with van der Waals surface area (Å²) in [6.45, 7) is 0. The summed E-state index contributed by atoms with van der Waals surface area (Å²) in [5, 5.41) is 10.3. The largest absolute Gasteiger partial charge is 0.485 e. The molecule has 0 aliphatic carbocycles. The predicted octanol–water partition coefficient (Wildman–Crippen LogP) is 4.91. The second kappa shape index (κ2) is 5.47. The lowest BCUT2D eigenvalue weighted by molar-refractivity contribution is 0.0653. The van der Waals surface area contributed by atoms with Crippen molar-refractivity contribution in [1.29, 1.82) is 0 Å². The highest BCUT2D eigenvalue weighted by atomic mass is 79.9. The van der Waals surface area contributed by atoms with Gasteiger partial charge in [-0.25, -0.2) is 4.39 Å². The molecule has 0 aromatic heterocycles. The van der Waals surface area contributed by atoms with Gasteiger partial charge in [0, 0.05) is 26.5 Å². The molecule has 0 saturated heterocycles. The van der Waals surface area contributed by atoms with Crippen LogP contribution in [0.3, 0.4) is 0 Å². The summed E-state index contributed by atoms with van der Waals surface area (Å²) in [5.41, 5.74) is 1.60. The number of aliphatic hydroxyl groups excluding tert-OH is 1. The first-order valence-electron chi connectivity index (χ1n) is 6.13. The molecular formula is C15H11Br2FO2. The Kier molecular flexibility index (Phi) is 3.84.